The van der Waals surface area contributed by atoms with E-state index in [4.69, 9.17) is 4.74 Å². The lowest BCUT2D eigenvalue weighted by Gasteiger charge is -2.23. The van der Waals surface area contributed by atoms with Gasteiger partial charge < -0.3 is 15.0 Å². The van der Waals surface area contributed by atoms with Crippen molar-refractivity contribution in [2.24, 2.45) is 0 Å². The van der Waals surface area contributed by atoms with Crippen molar-refractivity contribution in [3.8, 4) is 0 Å². The molecule has 1 saturated heterocycles. The van der Waals surface area contributed by atoms with E-state index in [1.54, 1.807) is 0 Å². The third kappa shape index (κ3) is 2.98. The van der Waals surface area contributed by atoms with Crippen LogP contribution in [-0.2, 0) is 16.0 Å². The van der Waals surface area contributed by atoms with Crippen LogP contribution < -0.4 is 10.2 Å². The molecule has 2 amide bonds. The highest BCUT2D eigenvalue weighted by Crippen LogP contribution is 2.31. The van der Waals surface area contributed by atoms with Gasteiger partial charge in [-0.3, -0.25) is 9.69 Å². The second-order valence-electron chi connectivity index (χ2n) is 5.98. The molecule has 3 rings (SSSR count). The third-order valence-electron chi connectivity index (χ3n) is 4.69. The number of nitrogens with one attached hydrogen (secondary N) is 1. The topological polar surface area (TPSA) is 61.9 Å². The van der Waals surface area contributed by atoms with Crippen molar-refractivity contribution in [2.45, 2.75) is 32.2 Å². The Balaban J connectivity index is 1.72. The predicted molar refractivity (Wildman–Crippen MR) is 88.8 cm³/mol. The molecule has 2 aliphatic rings. The first kappa shape index (κ1) is 15.6. The van der Waals surface area contributed by atoms with E-state index in [1.165, 1.54) is 23.3 Å². The molecule has 0 saturated carbocycles. The largest absolute Gasteiger partial charge is 0.453 e. The number of hydrogen-bond donors (Lipinski definition) is 1. The van der Waals surface area contributed by atoms with Gasteiger partial charge in [-0.05, 0) is 43.9 Å². The quantitative estimate of drug-likeness (QED) is 0.929. The number of methoxy groups -OCH3 is 1. The number of carbonyl (C=O) groups excluding carboxylic acids is 2. The van der Waals surface area contributed by atoms with Crippen LogP contribution in [0.4, 0.5) is 16.2 Å². The van der Waals surface area contributed by atoms with E-state index in [0.717, 1.165) is 31.6 Å². The molecule has 0 aromatic heterocycles. The Hall–Kier alpha value is -2.24. The molecule has 23 heavy (non-hydrogen) atoms. The lowest BCUT2D eigenvalue weighted by atomic mass is 10.1. The summed E-state index contributed by atoms with van der Waals surface area (Å²) in [5.74, 6) is -0.145. The number of carbonyl (C=O) groups is 2. The predicted octanol–water partition coefficient (Wildman–Crippen LogP) is 2.24. The molecule has 0 spiro atoms. The fourth-order valence-corrected chi connectivity index (χ4v) is 3.45. The van der Waals surface area contributed by atoms with Crippen LogP contribution >= 0.6 is 0 Å². The van der Waals surface area contributed by atoms with Crippen molar-refractivity contribution in [3.63, 3.8) is 0 Å². The van der Waals surface area contributed by atoms with Crippen LogP contribution in [0.3, 0.4) is 0 Å². The molecule has 6 nitrogen and oxygen atoms in total. The molecular weight excluding hydrogens is 294 g/mol. The van der Waals surface area contributed by atoms with Crippen molar-refractivity contribution in [1.29, 1.82) is 0 Å². The Labute approximate surface area is 136 Å². The molecule has 0 radical (unpaired) electrons. The number of nitrogens with zero attached hydrogens (tertiary/aromatic N) is 2. The van der Waals surface area contributed by atoms with E-state index >= 15 is 0 Å². The number of ether oxygens (including phenoxy) is 1. The van der Waals surface area contributed by atoms with E-state index < -0.39 is 12.1 Å². The van der Waals surface area contributed by atoms with Gasteiger partial charge in [-0.15, -0.1) is 0 Å². The van der Waals surface area contributed by atoms with Crippen LogP contribution in [0, 0.1) is 0 Å². The minimum Gasteiger partial charge on any atom is -0.453 e. The molecule has 0 aliphatic carbocycles. The molecule has 1 atom stereocenters. The minimum absolute atomic E-state index is 0.145. The van der Waals surface area contributed by atoms with Crippen molar-refractivity contribution in [2.75, 3.05) is 37.0 Å². The van der Waals surface area contributed by atoms with E-state index in [2.05, 4.69) is 23.2 Å². The molecule has 124 valence electrons. The van der Waals surface area contributed by atoms with Gasteiger partial charge in [0.05, 0.1) is 7.11 Å². The maximum absolute atomic E-state index is 12.5. The van der Waals surface area contributed by atoms with Gasteiger partial charge in [-0.25, -0.2) is 4.79 Å². The van der Waals surface area contributed by atoms with Crippen molar-refractivity contribution < 1.29 is 14.3 Å². The summed E-state index contributed by atoms with van der Waals surface area (Å²) in [5, 5.41) is 2.95. The Morgan fingerprint density at radius 1 is 1.35 bits per heavy atom. The summed E-state index contributed by atoms with van der Waals surface area (Å²) >= 11 is 0. The molecular formula is C17H23N3O3. The first-order valence-corrected chi connectivity index (χ1v) is 8.17. The van der Waals surface area contributed by atoms with Crippen LogP contribution in [0.2, 0.25) is 0 Å². The molecule has 6 heteroatoms. The number of anilines is 2. The van der Waals surface area contributed by atoms with E-state index in [9.17, 15) is 9.59 Å². The summed E-state index contributed by atoms with van der Waals surface area (Å²) in [6, 6.07) is 5.60. The van der Waals surface area contributed by atoms with E-state index in [-0.39, 0.29) is 5.91 Å². The molecule has 1 unspecified atom stereocenters. The SMILES string of the molecule is CCN1CCc2ccc(NC(=O)C3CCCN3C(=O)OC)cc21. The van der Waals surface area contributed by atoms with Crippen LogP contribution in [-0.4, -0.2) is 49.7 Å². The summed E-state index contributed by atoms with van der Waals surface area (Å²) < 4.78 is 4.75. The first-order valence-electron chi connectivity index (χ1n) is 8.17. The second kappa shape index (κ2) is 6.48. The van der Waals surface area contributed by atoms with Gasteiger partial charge in [0.1, 0.15) is 6.04 Å². The molecule has 0 bridgehead atoms. The van der Waals surface area contributed by atoms with Gasteiger partial charge in [-0.1, -0.05) is 6.07 Å². The van der Waals surface area contributed by atoms with Crippen LogP contribution in [0.5, 0.6) is 0 Å². The summed E-state index contributed by atoms with van der Waals surface area (Å²) in [7, 11) is 1.34. The number of benzene rings is 1. The summed E-state index contributed by atoms with van der Waals surface area (Å²) in [6.07, 6.45) is 2.11. The monoisotopic (exact) mass is 317 g/mol. The van der Waals surface area contributed by atoms with Gasteiger partial charge in [0.15, 0.2) is 0 Å². The van der Waals surface area contributed by atoms with Crippen molar-refractivity contribution >= 4 is 23.4 Å². The fraction of sp³-hybridized carbons (Fsp3) is 0.529. The maximum atomic E-state index is 12.5. The molecule has 1 aromatic rings. The molecule has 1 fully saturated rings. The summed E-state index contributed by atoms with van der Waals surface area (Å²) in [5.41, 5.74) is 3.30. The Bertz CT molecular complexity index is 617. The fourth-order valence-electron chi connectivity index (χ4n) is 3.45. The van der Waals surface area contributed by atoms with Gasteiger partial charge in [0.2, 0.25) is 5.91 Å². The average Bonchev–Trinajstić information content (AvgIpc) is 3.20. The normalized spacial score (nSPS) is 19.7. The Kier molecular flexibility index (Phi) is 4.41. The van der Waals surface area contributed by atoms with Gasteiger partial charge in [0.25, 0.3) is 0 Å². The lowest BCUT2D eigenvalue weighted by molar-refractivity contribution is -0.119. The second-order valence-corrected chi connectivity index (χ2v) is 5.98. The molecule has 1 N–H and O–H groups in total. The minimum atomic E-state index is -0.446. The zero-order valence-corrected chi connectivity index (χ0v) is 13.7. The molecule has 2 aliphatic heterocycles. The number of hydrogen-bond acceptors (Lipinski definition) is 4. The molecule has 2 heterocycles. The zero-order chi connectivity index (χ0) is 16.4. The van der Waals surface area contributed by atoms with Crippen molar-refractivity contribution in [1.82, 2.24) is 4.90 Å². The van der Waals surface area contributed by atoms with Gasteiger partial charge in [-0.2, -0.15) is 0 Å². The number of likely N-dealkylation sites (tertiary alicyclic amines) is 1. The van der Waals surface area contributed by atoms with Gasteiger partial charge in [0, 0.05) is 31.0 Å². The Morgan fingerprint density at radius 3 is 2.91 bits per heavy atom. The standard InChI is InChI=1S/C17H23N3O3/c1-3-19-10-8-12-6-7-13(11-15(12)19)18-16(21)14-5-4-9-20(14)17(22)23-2/h6-7,11,14H,3-5,8-10H2,1-2H3,(H,18,21). The number of likely N-dealkylation sites (N-methyl/N-ethyl adjacent to an activating group) is 1. The highest BCUT2D eigenvalue weighted by molar-refractivity contribution is 5.97. The number of amides is 2. The smallest absolute Gasteiger partial charge is 0.410 e. The number of rotatable bonds is 3. The van der Waals surface area contributed by atoms with Crippen LogP contribution in [0.1, 0.15) is 25.3 Å². The summed E-state index contributed by atoms with van der Waals surface area (Å²) in [4.78, 5) is 28.1. The van der Waals surface area contributed by atoms with Crippen LogP contribution in [0.25, 0.3) is 0 Å². The highest BCUT2D eigenvalue weighted by Gasteiger charge is 2.34. The highest BCUT2D eigenvalue weighted by atomic mass is 16.5. The van der Waals surface area contributed by atoms with E-state index in [0.29, 0.717) is 13.0 Å². The average molecular weight is 317 g/mol. The third-order valence-corrected chi connectivity index (χ3v) is 4.69. The Morgan fingerprint density at radius 2 is 2.17 bits per heavy atom. The molecule has 1 aromatic carbocycles. The van der Waals surface area contributed by atoms with Crippen molar-refractivity contribution in [3.05, 3.63) is 23.8 Å². The maximum Gasteiger partial charge on any atom is 0.410 e. The lowest BCUT2D eigenvalue weighted by Crippen LogP contribution is -2.43. The number of fused-ring (bicyclic) bond motifs is 1. The summed E-state index contributed by atoms with van der Waals surface area (Å²) in [6.45, 7) is 4.69. The zero-order valence-electron chi connectivity index (χ0n) is 13.7. The van der Waals surface area contributed by atoms with Crippen LogP contribution in [0.15, 0.2) is 18.2 Å². The first-order chi connectivity index (χ1) is 11.1. The van der Waals surface area contributed by atoms with Gasteiger partial charge >= 0.3 is 6.09 Å². The van der Waals surface area contributed by atoms with E-state index in [1.807, 2.05) is 12.1 Å².